The molecule has 1 saturated heterocycles. The molecule has 1 aromatic heterocycles. The van der Waals surface area contributed by atoms with Crippen LogP contribution in [-0.2, 0) is 19.1 Å². The Morgan fingerprint density at radius 1 is 1.28 bits per heavy atom. The first-order chi connectivity index (χ1) is 14.0. The van der Waals surface area contributed by atoms with Crippen LogP contribution in [0.2, 0.25) is 0 Å². The first-order valence-electron chi connectivity index (χ1n) is 9.45. The number of anilines is 1. The van der Waals surface area contributed by atoms with E-state index in [0.29, 0.717) is 13.2 Å². The van der Waals surface area contributed by atoms with Gasteiger partial charge in [0, 0.05) is 23.5 Å². The molecule has 0 unspecified atom stereocenters. The minimum atomic E-state index is -0.478. The molecule has 1 aromatic carbocycles. The summed E-state index contributed by atoms with van der Waals surface area (Å²) in [5.41, 5.74) is 0.734. The van der Waals surface area contributed by atoms with Gasteiger partial charge in [-0.25, -0.2) is 0 Å². The Morgan fingerprint density at radius 3 is 2.66 bits per heavy atom. The second-order valence-electron chi connectivity index (χ2n) is 6.69. The summed E-state index contributed by atoms with van der Waals surface area (Å²) in [5.74, 6) is -0.487. The van der Waals surface area contributed by atoms with E-state index in [9.17, 15) is 14.4 Å². The van der Waals surface area contributed by atoms with E-state index in [-0.39, 0.29) is 24.7 Å². The molecule has 0 saturated carbocycles. The molecule has 154 valence electrons. The summed E-state index contributed by atoms with van der Waals surface area (Å²) >= 11 is 1.46. The minimum Gasteiger partial charge on any atom is -0.494 e. The number of carbonyl (C=O) groups is 3. The minimum absolute atomic E-state index is 0.0476. The number of esters is 1. The molecule has 0 radical (unpaired) electrons. The second kappa shape index (κ2) is 9.56. The fourth-order valence-electron chi connectivity index (χ4n) is 3.27. The highest BCUT2D eigenvalue weighted by atomic mass is 32.1. The van der Waals surface area contributed by atoms with Crippen molar-refractivity contribution in [2.45, 2.75) is 25.8 Å². The average molecular weight is 416 g/mol. The van der Waals surface area contributed by atoms with Gasteiger partial charge in [0.05, 0.1) is 32.1 Å². The first-order valence-corrected chi connectivity index (χ1v) is 10.3. The smallest absolute Gasteiger partial charge is 0.307 e. The Balaban J connectivity index is 1.66. The summed E-state index contributed by atoms with van der Waals surface area (Å²) in [5, 5.41) is 4.80. The van der Waals surface area contributed by atoms with Gasteiger partial charge in [-0.1, -0.05) is 6.07 Å². The molecule has 2 aromatic rings. The van der Waals surface area contributed by atoms with Gasteiger partial charge in [-0.05, 0) is 42.6 Å². The molecule has 1 aliphatic heterocycles. The molecule has 0 spiro atoms. The first kappa shape index (κ1) is 20.9. The van der Waals surface area contributed by atoms with E-state index in [2.05, 4.69) is 5.32 Å². The van der Waals surface area contributed by atoms with E-state index >= 15 is 0 Å². The summed E-state index contributed by atoms with van der Waals surface area (Å²) < 4.78 is 10.2. The number of carbonyl (C=O) groups excluding carboxylic acids is 3. The van der Waals surface area contributed by atoms with Crippen LogP contribution in [0, 0.1) is 5.92 Å². The predicted octanol–water partition coefficient (Wildman–Crippen LogP) is 2.92. The van der Waals surface area contributed by atoms with E-state index in [0.717, 1.165) is 16.3 Å². The summed E-state index contributed by atoms with van der Waals surface area (Å²) in [6.07, 6.45) is 0.181. The predicted molar refractivity (Wildman–Crippen MR) is 110 cm³/mol. The number of thiophene rings is 1. The number of nitrogens with zero attached hydrogens (tertiary/aromatic N) is 1. The molecule has 7 nitrogen and oxygen atoms in total. The number of ether oxygens (including phenoxy) is 2. The van der Waals surface area contributed by atoms with Crippen LogP contribution in [0.4, 0.5) is 5.69 Å². The third-order valence-electron chi connectivity index (χ3n) is 4.76. The number of nitrogens with one attached hydrogen (secondary N) is 1. The van der Waals surface area contributed by atoms with Crippen molar-refractivity contribution in [2.24, 2.45) is 5.92 Å². The Morgan fingerprint density at radius 2 is 2.03 bits per heavy atom. The van der Waals surface area contributed by atoms with Gasteiger partial charge in [-0.3, -0.25) is 14.4 Å². The van der Waals surface area contributed by atoms with Gasteiger partial charge in [0.2, 0.25) is 11.8 Å². The maximum absolute atomic E-state index is 12.8. The van der Waals surface area contributed by atoms with Gasteiger partial charge in [-0.2, -0.15) is 0 Å². The normalized spacial score (nSPS) is 17.1. The Hall–Kier alpha value is -2.87. The Kier molecular flexibility index (Phi) is 6.87. The lowest BCUT2D eigenvalue weighted by atomic mass is 10.1. The van der Waals surface area contributed by atoms with Gasteiger partial charge in [0.1, 0.15) is 5.75 Å². The van der Waals surface area contributed by atoms with Gasteiger partial charge >= 0.3 is 5.97 Å². The lowest BCUT2D eigenvalue weighted by molar-refractivity contribution is -0.141. The summed E-state index contributed by atoms with van der Waals surface area (Å²) in [7, 11) is 1.32. The van der Waals surface area contributed by atoms with E-state index in [1.165, 1.54) is 18.4 Å². The fourth-order valence-corrected chi connectivity index (χ4v) is 4.05. The van der Waals surface area contributed by atoms with Crippen LogP contribution in [0.5, 0.6) is 5.75 Å². The molecule has 1 aliphatic rings. The lowest BCUT2D eigenvalue weighted by Gasteiger charge is -2.20. The molecule has 2 atom stereocenters. The van der Waals surface area contributed by atoms with Crippen molar-refractivity contribution in [3.63, 3.8) is 0 Å². The maximum Gasteiger partial charge on any atom is 0.307 e. The van der Waals surface area contributed by atoms with Crippen molar-refractivity contribution < 1.29 is 23.9 Å². The van der Waals surface area contributed by atoms with Crippen LogP contribution in [0.1, 0.15) is 30.7 Å². The van der Waals surface area contributed by atoms with Gasteiger partial charge in [0.25, 0.3) is 0 Å². The van der Waals surface area contributed by atoms with Crippen LogP contribution in [0.25, 0.3) is 0 Å². The number of benzene rings is 1. The van der Waals surface area contributed by atoms with Crippen LogP contribution in [0.3, 0.4) is 0 Å². The van der Waals surface area contributed by atoms with E-state index in [4.69, 9.17) is 9.47 Å². The zero-order chi connectivity index (χ0) is 20.8. The molecule has 1 N–H and O–H groups in total. The summed E-state index contributed by atoms with van der Waals surface area (Å²) in [4.78, 5) is 39.5. The number of rotatable bonds is 8. The largest absolute Gasteiger partial charge is 0.494 e. The number of hydrogen-bond acceptors (Lipinski definition) is 6. The third-order valence-corrected chi connectivity index (χ3v) is 5.74. The highest BCUT2D eigenvalue weighted by molar-refractivity contribution is 7.10. The maximum atomic E-state index is 12.8. The van der Waals surface area contributed by atoms with Crippen molar-refractivity contribution in [2.75, 3.05) is 25.2 Å². The fraction of sp³-hybridized carbons (Fsp3) is 0.381. The van der Waals surface area contributed by atoms with E-state index < -0.39 is 17.9 Å². The number of methoxy groups -OCH3 is 1. The van der Waals surface area contributed by atoms with Crippen molar-refractivity contribution in [3.05, 3.63) is 46.7 Å². The van der Waals surface area contributed by atoms with Crippen molar-refractivity contribution in [1.82, 2.24) is 5.32 Å². The Bertz CT molecular complexity index is 850. The van der Waals surface area contributed by atoms with Gasteiger partial charge in [0.15, 0.2) is 0 Å². The number of amides is 2. The van der Waals surface area contributed by atoms with Crippen LogP contribution >= 0.6 is 11.3 Å². The van der Waals surface area contributed by atoms with Crippen molar-refractivity contribution in [1.29, 1.82) is 0 Å². The number of hydrogen-bond donors (Lipinski definition) is 1. The topological polar surface area (TPSA) is 84.9 Å². The zero-order valence-corrected chi connectivity index (χ0v) is 17.2. The molecule has 29 heavy (non-hydrogen) atoms. The second-order valence-corrected chi connectivity index (χ2v) is 7.67. The molecule has 3 rings (SSSR count). The van der Waals surface area contributed by atoms with Crippen LogP contribution in [-0.4, -0.2) is 38.0 Å². The molecular formula is C21H24N2O5S. The molecule has 0 aliphatic carbocycles. The monoisotopic (exact) mass is 416 g/mol. The average Bonchev–Trinajstić information content (AvgIpc) is 3.38. The summed E-state index contributed by atoms with van der Waals surface area (Å²) in [6.45, 7) is 2.78. The highest BCUT2D eigenvalue weighted by Crippen LogP contribution is 2.28. The standard InChI is InChI=1S/C21H24N2O5S/c1-3-28-16-8-6-15(7-9-16)23-13-14(11-19(23)24)21(26)22-17(12-20(25)27-2)18-5-4-10-29-18/h4-10,14,17H,3,11-13H2,1-2H3,(H,22,26)/t14-,17-/m0/s1. The SMILES string of the molecule is CCOc1ccc(N2C[C@@H](C(=O)N[C@@H](CC(=O)OC)c3cccs3)CC2=O)cc1. The molecule has 2 heterocycles. The third kappa shape index (κ3) is 5.14. The van der Waals surface area contributed by atoms with E-state index in [1.807, 2.05) is 48.7 Å². The van der Waals surface area contributed by atoms with Crippen LogP contribution < -0.4 is 15.0 Å². The highest BCUT2D eigenvalue weighted by Gasteiger charge is 2.36. The molecule has 0 bridgehead atoms. The van der Waals surface area contributed by atoms with E-state index in [1.54, 1.807) is 4.90 Å². The van der Waals surface area contributed by atoms with Gasteiger partial charge < -0.3 is 19.7 Å². The van der Waals surface area contributed by atoms with Crippen molar-refractivity contribution >= 4 is 34.8 Å². The Labute approximate surface area is 173 Å². The lowest BCUT2D eigenvalue weighted by Crippen LogP contribution is -2.36. The molecule has 1 fully saturated rings. The molecule has 8 heteroatoms. The molecule has 2 amide bonds. The van der Waals surface area contributed by atoms with Crippen LogP contribution in [0.15, 0.2) is 41.8 Å². The summed E-state index contributed by atoms with van der Waals surface area (Å²) in [6, 6.07) is 10.5. The van der Waals surface area contributed by atoms with Crippen molar-refractivity contribution in [3.8, 4) is 5.75 Å². The quantitative estimate of drug-likeness (QED) is 0.669. The zero-order valence-electron chi connectivity index (χ0n) is 16.4. The van der Waals surface area contributed by atoms with Gasteiger partial charge in [-0.15, -0.1) is 11.3 Å². The molecular weight excluding hydrogens is 392 g/mol.